The minimum atomic E-state index is -0.216. The van der Waals surface area contributed by atoms with Crippen molar-refractivity contribution in [1.29, 1.82) is 0 Å². The Bertz CT molecular complexity index is 723. The number of rotatable bonds is 4. The normalized spacial score (nSPS) is 18.4. The van der Waals surface area contributed by atoms with E-state index in [-0.39, 0.29) is 17.6 Å². The van der Waals surface area contributed by atoms with E-state index in [1.54, 1.807) is 0 Å². The zero-order valence-electron chi connectivity index (χ0n) is 14.0. The minimum Gasteiger partial charge on any atom is -0.487 e. The number of halogens is 1. The smallest absolute Gasteiger partial charge is 0.251 e. The van der Waals surface area contributed by atoms with Crippen LogP contribution in [-0.4, -0.2) is 11.5 Å². The van der Waals surface area contributed by atoms with Crippen LogP contribution in [0.2, 0.25) is 0 Å². The summed E-state index contributed by atoms with van der Waals surface area (Å²) in [5, 5.41) is 3.20. The minimum absolute atomic E-state index is 0.0361. The highest BCUT2D eigenvalue weighted by molar-refractivity contribution is 9.10. The number of amides is 1. The fourth-order valence-corrected chi connectivity index (χ4v) is 3.54. The van der Waals surface area contributed by atoms with Crippen LogP contribution in [0.1, 0.15) is 55.1 Å². The lowest BCUT2D eigenvalue weighted by Crippen LogP contribution is -2.44. The van der Waals surface area contributed by atoms with Gasteiger partial charge in [-0.3, -0.25) is 4.79 Å². The van der Waals surface area contributed by atoms with E-state index >= 15 is 0 Å². The van der Waals surface area contributed by atoms with Crippen LogP contribution in [0.15, 0.2) is 53.0 Å². The zero-order valence-corrected chi connectivity index (χ0v) is 15.6. The van der Waals surface area contributed by atoms with Crippen LogP contribution in [0.4, 0.5) is 0 Å². The predicted molar refractivity (Wildman–Crippen MR) is 99.3 cm³/mol. The van der Waals surface area contributed by atoms with Gasteiger partial charge in [-0.05, 0) is 43.2 Å². The van der Waals surface area contributed by atoms with Gasteiger partial charge in [0, 0.05) is 22.0 Å². The molecule has 1 N–H and O–H groups in total. The number of nitrogens with one attached hydrogen (secondary N) is 1. The summed E-state index contributed by atoms with van der Waals surface area (Å²) in [4.78, 5) is 12.7. The molecule has 2 aromatic carbocycles. The van der Waals surface area contributed by atoms with Crippen molar-refractivity contribution in [1.82, 2.24) is 5.32 Å². The van der Waals surface area contributed by atoms with Crippen LogP contribution in [-0.2, 0) is 0 Å². The molecule has 0 aliphatic carbocycles. The Morgan fingerprint density at radius 2 is 1.83 bits per heavy atom. The molecule has 0 unspecified atom stereocenters. The highest BCUT2D eigenvalue weighted by Crippen LogP contribution is 2.42. The molecule has 0 aromatic heterocycles. The number of ether oxygens (including phenoxy) is 1. The first kappa shape index (κ1) is 17.0. The largest absolute Gasteiger partial charge is 0.487 e. The van der Waals surface area contributed by atoms with E-state index in [1.807, 2.05) is 48.5 Å². The maximum Gasteiger partial charge on any atom is 0.251 e. The summed E-state index contributed by atoms with van der Waals surface area (Å²) in [5.74, 6) is 0.832. The lowest BCUT2D eigenvalue weighted by molar-refractivity contribution is 0.0227. The van der Waals surface area contributed by atoms with Crippen LogP contribution >= 0.6 is 15.9 Å². The number of carbonyl (C=O) groups excluding carboxylic acids is 1. The van der Waals surface area contributed by atoms with Crippen molar-refractivity contribution in [2.75, 3.05) is 0 Å². The highest BCUT2D eigenvalue weighted by atomic mass is 79.9. The summed E-state index contributed by atoms with van der Waals surface area (Å²) >= 11 is 3.40. The lowest BCUT2D eigenvalue weighted by Gasteiger charge is -2.41. The van der Waals surface area contributed by atoms with Gasteiger partial charge < -0.3 is 10.1 Å². The lowest BCUT2D eigenvalue weighted by atomic mass is 9.83. The van der Waals surface area contributed by atoms with Gasteiger partial charge in [0.15, 0.2) is 0 Å². The summed E-state index contributed by atoms with van der Waals surface area (Å²) in [6.45, 7) is 4.29. The van der Waals surface area contributed by atoms with Crippen molar-refractivity contribution in [3.05, 3.63) is 64.1 Å². The molecule has 1 heterocycles. The Hall–Kier alpha value is -1.81. The fraction of sp³-hybridized carbons (Fsp3) is 0.350. The van der Waals surface area contributed by atoms with Gasteiger partial charge in [0.1, 0.15) is 11.4 Å². The molecule has 0 radical (unpaired) electrons. The third-order valence-corrected chi connectivity index (χ3v) is 5.43. The molecule has 1 amide bonds. The van der Waals surface area contributed by atoms with Crippen molar-refractivity contribution in [2.24, 2.45) is 0 Å². The van der Waals surface area contributed by atoms with E-state index in [0.717, 1.165) is 35.0 Å². The number of para-hydroxylation sites is 1. The molecule has 0 saturated carbocycles. The van der Waals surface area contributed by atoms with Gasteiger partial charge in [-0.25, -0.2) is 0 Å². The van der Waals surface area contributed by atoms with Crippen LogP contribution < -0.4 is 10.1 Å². The third kappa shape index (κ3) is 3.34. The van der Waals surface area contributed by atoms with Crippen LogP contribution in [0, 0.1) is 0 Å². The molecule has 3 rings (SSSR count). The van der Waals surface area contributed by atoms with Crippen LogP contribution in [0.5, 0.6) is 5.75 Å². The zero-order chi connectivity index (χ0) is 17.2. The topological polar surface area (TPSA) is 38.3 Å². The van der Waals surface area contributed by atoms with E-state index in [2.05, 4.69) is 35.1 Å². The predicted octanol–water partition coefficient (Wildman–Crippen LogP) is 5.26. The Labute approximate surface area is 151 Å². The fourth-order valence-electron chi connectivity index (χ4n) is 3.27. The second kappa shape index (κ2) is 6.98. The maximum absolute atomic E-state index is 12.7. The first-order chi connectivity index (χ1) is 11.6. The second-order valence-electron chi connectivity index (χ2n) is 6.27. The second-order valence-corrected chi connectivity index (χ2v) is 7.18. The summed E-state index contributed by atoms with van der Waals surface area (Å²) in [6, 6.07) is 15.4. The van der Waals surface area contributed by atoms with Crippen molar-refractivity contribution in [3.63, 3.8) is 0 Å². The molecule has 1 aliphatic heterocycles. The molecule has 0 bridgehead atoms. The molecule has 0 spiro atoms. The Morgan fingerprint density at radius 3 is 2.50 bits per heavy atom. The molecule has 3 nitrogen and oxygen atoms in total. The van der Waals surface area contributed by atoms with E-state index in [0.29, 0.717) is 5.56 Å². The first-order valence-electron chi connectivity index (χ1n) is 8.41. The highest BCUT2D eigenvalue weighted by Gasteiger charge is 2.38. The van der Waals surface area contributed by atoms with Gasteiger partial charge in [-0.15, -0.1) is 0 Å². The first-order valence-corrected chi connectivity index (χ1v) is 9.20. The maximum atomic E-state index is 12.7. The van der Waals surface area contributed by atoms with Gasteiger partial charge in [0.25, 0.3) is 5.91 Å². The van der Waals surface area contributed by atoms with E-state index in [4.69, 9.17) is 4.74 Å². The summed E-state index contributed by atoms with van der Waals surface area (Å²) in [7, 11) is 0. The molecular weight excluding hydrogens is 366 g/mol. The average molecular weight is 388 g/mol. The quantitative estimate of drug-likeness (QED) is 0.776. The number of hydrogen-bond donors (Lipinski definition) is 1. The number of hydrogen-bond acceptors (Lipinski definition) is 2. The van der Waals surface area contributed by atoms with Crippen molar-refractivity contribution < 1.29 is 9.53 Å². The van der Waals surface area contributed by atoms with Crippen molar-refractivity contribution >= 4 is 21.8 Å². The van der Waals surface area contributed by atoms with E-state index in [1.165, 1.54) is 0 Å². The van der Waals surface area contributed by atoms with Crippen molar-refractivity contribution in [3.8, 4) is 5.75 Å². The van der Waals surface area contributed by atoms with Crippen LogP contribution in [0.25, 0.3) is 0 Å². The molecule has 0 fully saturated rings. The summed E-state index contributed by atoms with van der Waals surface area (Å²) in [5.41, 5.74) is 1.51. The Kier molecular flexibility index (Phi) is 4.95. The number of benzene rings is 2. The molecular formula is C20H22BrNO2. The van der Waals surface area contributed by atoms with Gasteiger partial charge in [0.2, 0.25) is 0 Å². The van der Waals surface area contributed by atoms with Crippen molar-refractivity contribution in [2.45, 2.75) is 44.8 Å². The molecule has 126 valence electrons. The van der Waals surface area contributed by atoms with Gasteiger partial charge >= 0.3 is 0 Å². The monoisotopic (exact) mass is 387 g/mol. The Balaban J connectivity index is 1.88. The number of carbonyl (C=O) groups is 1. The third-order valence-electron chi connectivity index (χ3n) is 4.90. The molecule has 0 saturated heterocycles. The average Bonchev–Trinajstić information content (AvgIpc) is 2.62. The van der Waals surface area contributed by atoms with E-state index < -0.39 is 0 Å². The standard InChI is InChI=1S/C20H22BrNO2/c1-3-20(4-2)13-17(16-7-5-6-8-18(16)24-20)22-19(23)14-9-11-15(21)12-10-14/h5-12,17H,3-4,13H2,1-2H3,(H,22,23)/t17-/m1/s1. The van der Waals surface area contributed by atoms with Crippen LogP contribution in [0.3, 0.4) is 0 Å². The SMILES string of the molecule is CCC1(CC)C[C@@H](NC(=O)c2ccc(Br)cc2)c2ccccc2O1. The molecule has 1 atom stereocenters. The molecule has 1 aliphatic rings. The Morgan fingerprint density at radius 1 is 1.17 bits per heavy atom. The van der Waals surface area contributed by atoms with E-state index in [9.17, 15) is 4.79 Å². The molecule has 4 heteroatoms. The van der Waals surface area contributed by atoms with Gasteiger partial charge in [-0.2, -0.15) is 0 Å². The van der Waals surface area contributed by atoms with Gasteiger partial charge in [-0.1, -0.05) is 48.0 Å². The van der Waals surface area contributed by atoms with Gasteiger partial charge in [0.05, 0.1) is 6.04 Å². The number of fused-ring (bicyclic) bond motifs is 1. The molecule has 2 aromatic rings. The summed E-state index contributed by atoms with van der Waals surface area (Å²) < 4.78 is 7.26. The molecule has 24 heavy (non-hydrogen) atoms. The summed E-state index contributed by atoms with van der Waals surface area (Å²) in [6.07, 6.45) is 2.63.